The summed E-state index contributed by atoms with van der Waals surface area (Å²) in [6.07, 6.45) is 3.32. The Morgan fingerprint density at radius 2 is 1.97 bits per heavy atom. The van der Waals surface area contributed by atoms with Crippen molar-refractivity contribution >= 4 is 16.6 Å². The number of nitrogens with zero attached hydrogens (tertiary/aromatic N) is 4. The molecule has 1 fully saturated rings. The number of nitrogen functional groups attached to an aromatic ring is 1. The summed E-state index contributed by atoms with van der Waals surface area (Å²) in [6.45, 7) is 5.93. The minimum absolute atomic E-state index is 0.0182. The van der Waals surface area contributed by atoms with Crippen LogP contribution >= 0.6 is 0 Å². The lowest BCUT2D eigenvalue weighted by molar-refractivity contribution is 0.190. The van der Waals surface area contributed by atoms with Gasteiger partial charge >= 0.3 is 0 Å². The van der Waals surface area contributed by atoms with Gasteiger partial charge in [-0.3, -0.25) is 4.21 Å². The fourth-order valence-corrected chi connectivity index (χ4v) is 5.24. The van der Waals surface area contributed by atoms with Crippen LogP contribution in [-0.2, 0) is 22.1 Å². The fraction of sp³-hybridized carbons (Fsp3) is 0.333. The smallest absolute Gasteiger partial charge is 0.270 e. The Morgan fingerprint density at radius 1 is 1.18 bits per heavy atom. The van der Waals surface area contributed by atoms with Gasteiger partial charge in [-0.25, -0.2) is 14.4 Å². The third-order valence-corrected chi connectivity index (χ3v) is 8.34. The summed E-state index contributed by atoms with van der Waals surface area (Å²) < 4.78 is 38.6. The molecule has 4 aromatic rings. The SMILES string of the molecule is CCC(C)S(=O)c1ccc(-c2cnc(N)c(-c3nnc(-c4ccc(CNC5CCOC5)cc4F)o3)n2)cc1. The van der Waals surface area contributed by atoms with Gasteiger partial charge in [-0.2, -0.15) is 0 Å². The second-order valence-corrected chi connectivity index (χ2v) is 11.1. The number of benzene rings is 2. The molecule has 0 amide bonds. The molecule has 2 aromatic heterocycles. The standard InChI is InChI=1S/C27H29FN6O3S/c1-3-16(2)38(35)20-7-5-18(6-8-20)23-14-31-25(29)24(32-23)27-34-33-26(37-27)21-9-4-17(12-22(21)28)13-30-19-10-11-36-15-19/h4-9,12,14,16,19,30H,3,10-11,13,15H2,1-2H3,(H2,29,31). The van der Waals surface area contributed by atoms with Gasteiger partial charge in [0.05, 0.1) is 34.9 Å². The van der Waals surface area contributed by atoms with Crippen LogP contribution in [0.5, 0.6) is 0 Å². The summed E-state index contributed by atoms with van der Waals surface area (Å²) >= 11 is 0. The first-order chi connectivity index (χ1) is 18.4. The van der Waals surface area contributed by atoms with Gasteiger partial charge in [0.15, 0.2) is 11.5 Å². The van der Waals surface area contributed by atoms with Crippen LogP contribution in [0.1, 0.15) is 32.3 Å². The van der Waals surface area contributed by atoms with Crippen molar-refractivity contribution in [3.05, 3.63) is 60.0 Å². The minimum atomic E-state index is -1.08. The van der Waals surface area contributed by atoms with Crippen LogP contribution in [0, 0.1) is 5.82 Å². The van der Waals surface area contributed by atoms with Crippen LogP contribution < -0.4 is 11.1 Å². The molecule has 38 heavy (non-hydrogen) atoms. The van der Waals surface area contributed by atoms with Crippen LogP contribution in [-0.4, -0.2) is 48.9 Å². The molecular formula is C27H29FN6O3S. The Bertz CT molecular complexity index is 1440. The van der Waals surface area contributed by atoms with Crippen molar-refractivity contribution in [2.75, 3.05) is 18.9 Å². The maximum absolute atomic E-state index is 14.9. The Labute approximate surface area is 222 Å². The fourth-order valence-electron chi connectivity index (χ4n) is 4.07. The van der Waals surface area contributed by atoms with Crippen LogP contribution in [0.25, 0.3) is 34.3 Å². The van der Waals surface area contributed by atoms with Gasteiger partial charge in [0, 0.05) is 34.9 Å². The largest absolute Gasteiger partial charge is 0.414 e. The van der Waals surface area contributed by atoms with Crippen molar-refractivity contribution in [2.45, 2.75) is 49.4 Å². The van der Waals surface area contributed by atoms with Crippen LogP contribution in [0.4, 0.5) is 10.2 Å². The highest BCUT2D eigenvalue weighted by Gasteiger charge is 2.20. The Hall–Kier alpha value is -3.54. The van der Waals surface area contributed by atoms with E-state index in [1.54, 1.807) is 12.3 Å². The van der Waals surface area contributed by atoms with Gasteiger partial charge in [0.2, 0.25) is 0 Å². The average Bonchev–Trinajstić information content (AvgIpc) is 3.64. The number of ether oxygens (including phenoxy) is 1. The summed E-state index contributed by atoms with van der Waals surface area (Å²) in [5, 5.41) is 11.5. The highest BCUT2D eigenvalue weighted by Crippen LogP contribution is 2.29. The number of halogens is 1. The molecule has 3 unspecified atom stereocenters. The van der Waals surface area contributed by atoms with Gasteiger partial charge < -0.3 is 20.2 Å². The molecule has 1 aliphatic rings. The number of rotatable bonds is 9. The molecule has 198 valence electrons. The molecule has 2 aromatic carbocycles. The zero-order valence-corrected chi connectivity index (χ0v) is 22.0. The molecule has 1 aliphatic heterocycles. The molecule has 0 spiro atoms. The van der Waals surface area contributed by atoms with Gasteiger partial charge in [0.25, 0.3) is 11.8 Å². The molecule has 3 N–H and O–H groups in total. The molecule has 3 atom stereocenters. The maximum Gasteiger partial charge on any atom is 0.270 e. The van der Waals surface area contributed by atoms with Gasteiger partial charge in [-0.1, -0.05) is 32.0 Å². The number of nitrogens with two attached hydrogens (primary N) is 1. The first-order valence-corrected chi connectivity index (χ1v) is 13.7. The zero-order valence-electron chi connectivity index (χ0n) is 21.2. The predicted octanol–water partition coefficient (Wildman–Crippen LogP) is 4.37. The van der Waals surface area contributed by atoms with E-state index in [0.717, 1.165) is 35.5 Å². The Balaban J connectivity index is 1.34. The highest BCUT2D eigenvalue weighted by atomic mass is 32.2. The summed E-state index contributed by atoms with van der Waals surface area (Å²) in [7, 11) is -1.08. The molecule has 1 saturated heterocycles. The van der Waals surface area contributed by atoms with Crippen LogP contribution in [0.3, 0.4) is 0 Å². The van der Waals surface area contributed by atoms with E-state index in [1.807, 2.05) is 44.2 Å². The monoisotopic (exact) mass is 536 g/mol. The second kappa shape index (κ2) is 11.5. The van der Waals surface area contributed by atoms with E-state index in [-0.39, 0.29) is 40.1 Å². The summed E-state index contributed by atoms with van der Waals surface area (Å²) in [5.41, 5.74) is 8.55. The van der Waals surface area contributed by atoms with Crippen LogP contribution in [0.2, 0.25) is 0 Å². The second-order valence-electron chi connectivity index (χ2n) is 9.20. The van der Waals surface area contributed by atoms with E-state index >= 15 is 0 Å². The highest BCUT2D eigenvalue weighted by molar-refractivity contribution is 7.85. The maximum atomic E-state index is 14.9. The van der Waals surface area contributed by atoms with E-state index in [2.05, 4.69) is 25.5 Å². The van der Waals surface area contributed by atoms with E-state index in [9.17, 15) is 8.60 Å². The molecule has 0 radical (unpaired) electrons. The number of nitrogens with one attached hydrogen (secondary N) is 1. The van der Waals surface area contributed by atoms with Crippen molar-refractivity contribution in [1.82, 2.24) is 25.5 Å². The van der Waals surface area contributed by atoms with E-state index in [0.29, 0.717) is 18.8 Å². The minimum Gasteiger partial charge on any atom is -0.414 e. The molecule has 0 bridgehead atoms. The van der Waals surface area contributed by atoms with Crippen LogP contribution in [0.15, 0.2) is 58.0 Å². The van der Waals surface area contributed by atoms with Crippen molar-refractivity contribution < 1.29 is 17.8 Å². The molecule has 11 heteroatoms. The average molecular weight is 537 g/mol. The molecule has 9 nitrogen and oxygen atoms in total. The van der Waals surface area contributed by atoms with E-state index in [1.165, 1.54) is 6.07 Å². The number of aromatic nitrogens is 4. The lowest BCUT2D eigenvalue weighted by Gasteiger charge is -2.10. The summed E-state index contributed by atoms with van der Waals surface area (Å²) in [5.74, 6) is -0.307. The third kappa shape index (κ3) is 5.64. The molecule has 0 saturated carbocycles. The van der Waals surface area contributed by atoms with Crippen molar-refractivity contribution in [3.63, 3.8) is 0 Å². The van der Waals surface area contributed by atoms with Gasteiger partial charge in [-0.05, 0) is 42.7 Å². The third-order valence-electron chi connectivity index (χ3n) is 6.54. The first-order valence-electron chi connectivity index (χ1n) is 12.5. The molecular weight excluding hydrogens is 507 g/mol. The normalized spacial score (nSPS) is 17.0. The van der Waals surface area contributed by atoms with Crippen molar-refractivity contribution in [2.24, 2.45) is 0 Å². The summed E-state index contributed by atoms with van der Waals surface area (Å²) in [4.78, 5) is 9.56. The quantitative estimate of drug-likeness (QED) is 0.320. The molecule has 5 rings (SSSR count). The lowest BCUT2D eigenvalue weighted by Crippen LogP contribution is -2.28. The Kier molecular flexibility index (Phi) is 7.87. The number of hydrogen-bond donors (Lipinski definition) is 2. The van der Waals surface area contributed by atoms with Gasteiger partial charge in [0.1, 0.15) is 5.82 Å². The zero-order chi connectivity index (χ0) is 26.6. The van der Waals surface area contributed by atoms with E-state index < -0.39 is 16.6 Å². The topological polar surface area (TPSA) is 129 Å². The Morgan fingerprint density at radius 3 is 2.68 bits per heavy atom. The molecule has 3 heterocycles. The lowest BCUT2D eigenvalue weighted by atomic mass is 10.1. The van der Waals surface area contributed by atoms with Crippen molar-refractivity contribution in [1.29, 1.82) is 0 Å². The number of anilines is 1. The predicted molar refractivity (Wildman–Crippen MR) is 143 cm³/mol. The number of hydrogen-bond acceptors (Lipinski definition) is 9. The first kappa shape index (κ1) is 26.1. The van der Waals surface area contributed by atoms with Crippen molar-refractivity contribution in [3.8, 4) is 34.3 Å². The van der Waals surface area contributed by atoms with E-state index in [4.69, 9.17) is 14.9 Å². The van der Waals surface area contributed by atoms with Gasteiger partial charge in [-0.15, -0.1) is 10.2 Å². The summed E-state index contributed by atoms with van der Waals surface area (Å²) in [6, 6.07) is 12.5. The molecule has 0 aliphatic carbocycles.